The van der Waals surface area contributed by atoms with Crippen molar-refractivity contribution in [2.24, 2.45) is 11.0 Å². The molecule has 2 unspecified atom stereocenters. The zero-order valence-electron chi connectivity index (χ0n) is 14.9. The van der Waals surface area contributed by atoms with E-state index in [9.17, 15) is 9.18 Å². The molecule has 0 N–H and O–H groups in total. The fourth-order valence-corrected chi connectivity index (χ4v) is 3.98. The van der Waals surface area contributed by atoms with Crippen LogP contribution in [0.5, 0.6) is 5.75 Å². The average molecular weight is 352 g/mol. The molecule has 26 heavy (non-hydrogen) atoms. The molecule has 0 bridgehead atoms. The van der Waals surface area contributed by atoms with E-state index in [-0.39, 0.29) is 23.7 Å². The summed E-state index contributed by atoms with van der Waals surface area (Å²) in [5.41, 5.74) is 4.13. The van der Waals surface area contributed by atoms with E-state index in [0.717, 1.165) is 35.4 Å². The van der Waals surface area contributed by atoms with Crippen LogP contribution in [0, 0.1) is 11.7 Å². The molecule has 4 rings (SSSR count). The third-order valence-corrected chi connectivity index (χ3v) is 5.30. The minimum absolute atomic E-state index is 0.0225. The highest BCUT2D eigenvalue weighted by atomic mass is 19.1. The Hall–Kier alpha value is -2.69. The molecule has 134 valence electrons. The zero-order valence-corrected chi connectivity index (χ0v) is 14.9. The van der Waals surface area contributed by atoms with Gasteiger partial charge < -0.3 is 4.74 Å². The van der Waals surface area contributed by atoms with Gasteiger partial charge in [0.1, 0.15) is 11.6 Å². The molecule has 4 nitrogen and oxygen atoms in total. The van der Waals surface area contributed by atoms with Gasteiger partial charge in [0.15, 0.2) is 0 Å². The van der Waals surface area contributed by atoms with Gasteiger partial charge in [0.25, 0.3) is 0 Å². The Morgan fingerprint density at radius 1 is 1.27 bits per heavy atom. The number of carbonyl (C=O) groups is 1. The number of aryl methyl sites for hydroxylation is 1. The normalized spacial score (nSPS) is 21.0. The molecule has 2 atom stereocenters. The predicted molar refractivity (Wildman–Crippen MR) is 97.6 cm³/mol. The maximum atomic E-state index is 13.4. The molecular weight excluding hydrogens is 331 g/mol. The number of benzene rings is 2. The Bertz CT molecular complexity index is 876. The zero-order chi connectivity index (χ0) is 18.3. The second kappa shape index (κ2) is 6.56. The van der Waals surface area contributed by atoms with E-state index in [1.165, 1.54) is 17.7 Å². The molecule has 0 fully saturated rings. The Balaban J connectivity index is 1.80. The number of hydrogen-bond donors (Lipinski definition) is 0. The van der Waals surface area contributed by atoms with Gasteiger partial charge in [-0.1, -0.05) is 25.1 Å². The Labute approximate surface area is 152 Å². The lowest BCUT2D eigenvalue weighted by Gasteiger charge is -2.29. The molecule has 1 amide bonds. The predicted octanol–water partition coefficient (Wildman–Crippen LogP) is 4.09. The monoisotopic (exact) mass is 352 g/mol. The second-order valence-electron chi connectivity index (χ2n) is 6.74. The molecule has 2 aliphatic rings. The number of fused-ring (bicyclic) bond motifs is 3. The highest BCUT2D eigenvalue weighted by Gasteiger charge is 2.43. The lowest BCUT2D eigenvalue weighted by atomic mass is 9.77. The van der Waals surface area contributed by atoms with E-state index in [2.05, 4.69) is 6.07 Å². The number of amides is 1. The first-order valence-corrected chi connectivity index (χ1v) is 8.95. The quantitative estimate of drug-likeness (QED) is 0.835. The summed E-state index contributed by atoms with van der Waals surface area (Å²) in [6.45, 7) is 1.84. The summed E-state index contributed by atoms with van der Waals surface area (Å²) in [5, 5.41) is 6.33. The van der Waals surface area contributed by atoms with Gasteiger partial charge in [0.05, 0.1) is 18.9 Å². The summed E-state index contributed by atoms with van der Waals surface area (Å²) < 4.78 is 18.8. The van der Waals surface area contributed by atoms with Crippen LogP contribution in [0.25, 0.3) is 0 Å². The van der Waals surface area contributed by atoms with Crippen molar-refractivity contribution in [1.82, 2.24) is 5.01 Å². The van der Waals surface area contributed by atoms with Gasteiger partial charge in [-0.05, 0) is 48.2 Å². The van der Waals surface area contributed by atoms with Crippen LogP contribution in [0.1, 0.15) is 42.5 Å². The largest absolute Gasteiger partial charge is 0.497 e. The van der Waals surface area contributed by atoms with Crippen LogP contribution >= 0.6 is 0 Å². The smallest absolute Gasteiger partial charge is 0.242 e. The van der Waals surface area contributed by atoms with Crippen LogP contribution in [0.3, 0.4) is 0 Å². The lowest BCUT2D eigenvalue weighted by molar-refractivity contribution is -0.133. The van der Waals surface area contributed by atoms with Crippen molar-refractivity contribution in [2.45, 2.75) is 32.2 Å². The molecule has 2 aromatic rings. The second-order valence-corrected chi connectivity index (χ2v) is 6.74. The standard InChI is InChI=1S/C21H21FN2O2/c1-3-19(25)24-21(14-4-8-15(22)9-5-14)17-11-7-13-6-10-16(26-2)12-18(13)20(17)23-24/h4-6,8-10,12,17,21H,3,7,11H2,1-2H3. The highest BCUT2D eigenvalue weighted by molar-refractivity contribution is 6.07. The van der Waals surface area contributed by atoms with E-state index >= 15 is 0 Å². The number of hydrogen-bond acceptors (Lipinski definition) is 3. The Kier molecular flexibility index (Phi) is 4.23. The first kappa shape index (κ1) is 16.8. The molecule has 0 saturated heterocycles. The molecule has 0 aromatic heterocycles. The maximum Gasteiger partial charge on any atom is 0.242 e. The first-order valence-electron chi connectivity index (χ1n) is 8.95. The third-order valence-electron chi connectivity index (χ3n) is 5.30. The molecule has 0 radical (unpaired) electrons. The van der Waals surface area contributed by atoms with Crippen molar-refractivity contribution in [1.29, 1.82) is 0 Å². The summed E-state index contributed by atoms with van der Waals surface area (Å²) in [6, 6.07) is 12.3. The van der Waals surface area contributed by atoms with Crippen molar-refractivity contribution in [3.05, 3.63) is 65.0 Å². The van der Waals surface area contributed by atoms with Crippen LogP contribution in [-0.4, -0.2) is 23.7 Å². The van der Waals surface area contributed by atoms with E-state index in [0.29, 0.717) is 6.42 Å². The van der Waals surface area contributed by atoms with Crippen molar-refractivity contribution < 1.29 is 13.9 Å². The van der Waals surface area contributed by atoms with E-state index in [1.54, 1.807) is 24.3 Å². The van der Waals surface area contributed by atoms with Crippen LogP contribution in [-0.2, 0) is 11.2 Å². The summed E-state index contributed by atoms with van der Waals surface area (Å²) in [4.78, 5) is 12.6. The molecule has 1 aliphatic carbocycles. The van der Waals surface area contributed by atoms with Crippen LogP contribution in [0.4, 0.5) is 4.39 Å². The first-order chi connectivity index (χ1) is 12.6. The van der Waals surface area contributed by atoms with Crippen LogP contribution in [0.2, 0.25) is 0 Å². The fraction of sp³-hybridized carbons (Fsp3) is 0.333. The number of methoxy groups -OCH3 is 1. The van der Waals surface area contributed by atoms with Gasteiger partial charge in [0.2, 0.25) is 5.91 Å². The summed E-state index contributed by atoms with van der Waals surface area (Å²) >= 11 is 0. The number of carbonyl (C=O) groups excluding carboxylic acids is 1. The summed E-state index contributed by atoms with van der Waals surface area (Å²) in [6.07, 6.45) is 2.22. The molecule has 5 heteroatoms. The third kappa shape index (κ3) is 2.68. The van der Waals surface area contributed by atoms with Crippen LogP contribution in [0.15, 0.2) is 47.6 Å². The highest BCUT2D eigenvalue weighted by Crippen LogP contribution is 2.44. The topological polar surface area (TPSA) is 41.9 Å². The van der Waals surface area contributed by atoms with Crippen molar-refractivity contribution in [2.75, 3.05) is 7.11 Å². The molecule has 1 heterocycles. The molecular formula is C21H21FN2O2. The minimum atomic E-state index is -0.278. The maximum absolute atomic E-state index is 13.4. The van der Waals surface area contributed by atoms with Crippen LogP contribution < -0.4 is 4.74 Å². The van der Waals surface area contributed by atoms with Gasteiger partial charge in [0, 0.05) is 17.9 Å². The average Bonchev–Trinajstić information content (AvgIpc) is 3.07. The molecule has 2 aromatic carbocycles. The van der Waals surface area contributed by atoms with Gasteiger partial charge >= 0.3 is 0 Å². The number of halogens is 1. The minimum Gasteiger partial charge on any atom is -0.497 e. The number of ether oxygens (including phenoxy) is 1. The Morgan fingerprint density at radius 3 is 2.73 bits per heavy atom. The number of rotatable bonds is 3. The molecule has 0 saturated carbocycles. The van der Waals surface area contributed by atoms with Crippen molar-refractivity contribution in [3.8, 4) is 5.75 Å². The van der Waals surface area contributed by atoms with Gasteiger partial charge in [-0.15, -0.1) is 0 Å². The number of hydrazone groups is 1. The van der Waals surface area contributed by atoms with E-state index in [1.807, 2.05) is 19.1 Å². The molecule has 0 spiro atoms. The van der Waals surface area contributed by atoms with E-state index in [4.69, 9.17) is 9.84 Å². The van der Waals surface area contributed by atoms with E-state index < -0.39 is 0 Å². The summed E-state index contributed by atoms with van der Waals surface area (Å²) in [5.74, 6) is 0.590. The van der Waals surface area contributed by atoms with Gasteiger partial charge in [-0.25, -0.2) is 9.40 Å². The fourth-order valence-electron chi connectivity index (χ4n) is 3.98. The molecule has 1 aliphatic heterocycles. The van der Waals surface area contributed by atoms with Gasteiger partial charge in [-0.3, -0.25) is 4.79 Å². The number of nitrogens with zero attached hydrogens (tertiary/aromatic N) is 2. The van der Waals surface area contributed by atoms with Gasteiger partial charge in [-0.2, -0.15) is 5.10 Å². The SMILES string of the molecule is CCC(=O)N1N=C2c3cc(OC)ccc3CCC2C1c1ccc(F)cc1. The van der Waals surface area contributed by atoms with Crippen molar-refractivity contribution in [3.63, 3.8) is 0 Å². The Morgan fingerprint density at radius 2 is 2.04 bits per heavy atom. The van der Waals surface area contributed by atoms with Crippen molar-refractivity contribution >= 4 is 11.6 Å². The lowest BCUT2D eigenvalue weighted by Crippen LogP contribution is -2.31. The summed E-state index contributed by atoms with van der Waals surface area (Å²) in [7, 11) is 1.65.